The highest BCUT2D eigenvalue weighted by Crippen LogP contribution is 2.27. The Kier molecular flexibility index (Phi) is 3.40. The SMILES string of the molecule is CC.Nc1ncnc2c1ncn2C1OC=CC1F. The van der Waals surface area contributed by atoms with Crippen LogP contribution in [0.1, 0.15) is 20.1 Å². The zero-order valence-corrected chi connectivity index (χ0v) is 10.1. The smallest absolute Gasteiger partial charge is 0.212 e. The molecule has 0 bridgehead atoms. The Morgan fingerprint density at radius 3 is 2.78 bits per heavy atom. The molecular formula is C11H14FN5O. The Morgan fingerprint density at radius 2 is 2.11 bits per heavy atom. The first-order valence-corrected chi connectivity index (χ1v) is 5.66. The summed E-state index contributed by atoms with van der Waals surface area (Å²) < 4.78 is 20.1. The summed E-state index contributed by atoms with van der Waals surface area (Å²) in [6.07, 6.45) is 3.44. The number of rotatable bonds is 1. The average Bonchev–Trinajstić information content (AvgIpc) is 2.98. The van der Waals surface area contributed by atoms with Gasteiger partial charge in [0.05, 0.1) is 6.26 Å². The highest BCUT2D eigenvalue weighted by atomic mass is 19.1. The Balaban J connectivity index is 0.000000574. The third-order valence-corrected chi connectivity index (χ3v) is 2.41. The quantitative estimate of drug-likeness (QED) is 0.836. The van der Waals surface area contributed by atoms with E-state index in [1.54, 1.807) is 0 Å². The van der Waals surface area contributed by atoms with E-state index in [1.165, 1.54) is 29.6 Å². The van der Waals surface area contributed by atoms with Crippen LogP contribution in [0.5, 0.6) is 0 Å². The number of nitrogen functional groups attached to an aromatic ring is 1. The van der Waals surface area contributed by atoms with Crippen LogP contribution in [0.15, 0.2) is 25.0 Å². The van der Waals surface area contributed by atoms with Gasteiger partial charge in [-0.25, -0.2) is 19.3 Å². The van der Waals surface area contributed by atoms with Crippen LogP contribution in [0, 0.1) is 0 Å². The van der Waals surface area contributed by atoms with Gasteiger partial charge < -0.3 is 10.5 Å². The lowest BCUT2D eigenvalue weighted by Gasteiger charge is -2.14. The van der Waals surface area contributed by atoms with E-state index in [-0.39, 0.29) is 5.82 Å². The second-order valence-corrected chi connectivity index (χ2v) is 3.38. The predicted molar refractivity (Wildman–Crippen MR) is 65.2 cm³/mol. The molecule has 0 fully saturated rings. The number of alkyl halides is 1. The lowest BCUT2D eigenvalue weighted by molar-refractivity contribution is 0.0541. The van der Waals surface area contributed by atoms with Crippen LogP contribution in [-0.4, -0.2) is 25.7 Å². The highest BCUT2D eigenvalue weighted by Gasteiger charge is 2.28. The van der Waals surface area contributed by atoms with Gasteiger partial charge in [-0.1, -0.05) is 13.8 Å². The zero-order chi connectivity index (χ0) is 13.1. The molecule has 18 heavy (non-hydrogen) atoms. The van der Waals surface area contributed by atoms with Gasteiger partial charge in [-0.3, -0.25) is 4.57 Å². The molecule has 0 saturated heterocycles. The molecule has 1 aliphatic heterocycles. The molecule has 2 unspecified atom stereocenters. The maximum Gasteiger partial charge on any atom is 0.212 e. The van der Waals surface area contributed by atoms with Crippen LogP contribution in [-0.2, 0) is 4.74 Å². The van der Waals surface area contributed by atoms with Gasteiger partial charge in [0.25, 0.3) is 0 Å². The fraction of sp³-hybridized carbons (Fsp3) is 0.364. The van der Waals surface area contributed by atoms with Gasteiger partial charge in [-0.05, 0) is 6.08 Å². The first kappa shape index (κ1) is 12.3. The van der Waals surface area contributed by atoms with Crippen molar-refractivity contribution in [2.24, 2.45) is 0 Å². The zero-order valence-electron chi connectivity index (χ0n) is 10.1. The molecule has 3 rings (SSSR count). The van der Waals surface area contributed by atoms with E-state index in [9.17, 15) is 4.39 Å². The average molecular weight is 251 g/mol. The topological polar surface area (TPSA) is 78.9 Å². The summed E-state index contributed by atoms with van der Waals surface area (Å²) >= 11 is 0. The first-order valence-electron chi connectivity index (χ1n) is 5.66. The molecule has 0 amide bonds. The number of halogens is 1. The number of anilines is 1. The van der Waals surface area contributed by atoms with Crippen molar-refractivity contribution < 1.29 is 9.13 Å². The fourth-order valence-corrected chi connectivity index (χ4v) is 1.65. The normalized spacial score (nSPS) is 21.5. The minimum atomic E-state index is -1.21. The number of nitrogens with zero attached hydrogens (tertiary/aromatic N) is 4. The number of aromatic nitrogens is 4. The van der Waals surface area contributed by atoms with Crippen molar-refractivity contribution in [1.29, 1.82) is 0 Å². The fourth-order valence-electron chi connectivity index (χ4n) is 1.65. The minimum Gasteiger partial charge on any atom is -0.474 e. The molecule has 1 aliphatic rings. The van der Waals surface area contributed by atoms with Crippen LogP contribution in [0.25, 0.3) is 11.2 Å². The molecule has 0 aromatic carbocycles. The number of ether oxygens (including phenoxy) is 1. The molecule has 2 atom stereocenters. The molecule has 0 saturated carbocycles. The maximum atomic E-state index is 13.4. The van der Waals surface area contributed by atoms with Crippen LogP contribution in [0.2, 0.25) is 0 Å². The van der Waals surface area contributed by atoms with Crippen molar-refractivity contribution in [3.63, 3.8) is 0 Å². The monoisotopic (exact) mass is 251 g/mol. The number of nitrogens with two attached hydrogens (primary N) is 1. The predicted octanol–water partition coefficient (Wildman–Crippen LogP) is 1.82. The number of fused-ring (bicyclic) bond motifs is 1. The minimum absolute atomic E-state index is 0.269. The molecule has 0 radical (unpaired) electrons. The third-order valence-electron chi connectivity index (χ3n) is 2.41. The number of hydrogen-bond donors (Lipinski definition) is 1. The van der Waals surface area contributed by atoms with Crippen LogP contribution in [0.3, 0.4) is 0 Å². The second-order valence-electron chi connectivity index (χ2n) is 3.38. The molecule has 0 aliphatic carbocycles. The van der Waals surface area contributed by atoms with Gasteiger partial charge in [0.1, 0.15) is 18.2 Å². The van der Waals surface area contributed by atoms with Gasteiger partial charge >= 0.3 is 0 Å². The van der Waals surface area contributed by atoms with E-state index in [0.717, 1.165) is 0 Å². The number of imidazole rings is 1. The molecule has 96 valence electrons. The molecular weight excluding hydrogens is 237 g/mol. The van der Waals surface area contributed by atoms with Crippen molar-refractivity contribution in [2.45, 2.75) is 26.2 Å². The van der Waals surface area contributed by atoms with E-state index in [4.69, 9.17) is 10.5 Å². The Morgan fingerprint density at radius 1 is 1.33 bits per heavy atom. The third kappa shape index (κ3) is 1.87. The summed E-state index contributed by atoms with van der Waals surface area (Å²) in [4.78, 5) is 11.9. The molecule has 0 spiro atoms. The van der Waals surface area contributed by atoms with E-state index in [2.05, 4.69) is 15.0 Å². The van der Waals surface area contributed by atoms with E-state index in [0.29, 0.717) is 11.2 Å². The largest absolute Gasteiger partial charge is 0.474 e. The van der Waals surface area contributed by atoms with Crippen molar-refractivity contribution >= 4 is 17.0 Å². The molecule has 6 nitrogen and oxygen atoms in total. The Labute approximate surface area is 103 Å². The van der Waals surface area contributed by atoms with Gasteiger partial charge in [-0.15, -0.1) is 0 Å². The van der Waals surface area contributed by atoms with Gasteiger partial charge in [0, 0.05) is 0 Å². The highest BCUT2D eigenvalue weighted by molar-refractivity contribution is 5.81. The van der Waals surface area contributed by atoms with Gasteiger partial charge in [0.2, 0.25) is 6.23 Å². The Hall–Kier alpha value is -2.18. The van der Waals surface area contributed by atoms with Crippen LogP contribution < -0.4 is 5.73 Å². The number of hydrogen-bond acceptors (Lipinski definition) is 5. The molecule has 2 N–H and O–H groups in total. The van der Waals surface area contributed by atoms with E-state index >= 15 is 0 Å². The summed E-state index contributed by atoms with van der Waals surface area (Å²) in [5.41, 5.74) is 6.54. The summed E-state index contributed by atoms with van der Waals surface area (Å²) in [5.74, 6) is 0.269. The van der Waals surface area contributed by atoms with Crippen molar-refractivity contribution in [1.82, 2.24) is 19.5 Å². The first-order chi connectivity index (χ1) is 8.77. The van der Waals surface area contributed by atoms with Gasteiger partial charge in [0.15, 0.2) is 17.6 Å². The lowest BCUT2D eigenvalue weighted by Crippen LogP contribution is -2.16. The summed E-state index contributed by atoms with van der Waals surface area (Å²) in [5, 5.41) is 0. The Bertz CT molecular complexity index is 568. The second kappa shape index (κ2) is 4.99. The molecule has 3 heterocycles. The summed E-state index contributed by atoms with van der Waals surface area (Å²) in [6.45, 7) is 4.00. The summed E-state index contributed by atoms with van der Waals surface area (Å²) in [7, 11) is 0. The van der Waals surface area contributed by atoms with Crippen LogP contribution in [0.4, 0.5) is 10.2 Å². The maximum absolute atomic E-state index is 13.4. The molecule has 2 aromatic rings. The summed E-state index contributed by atoms with van der Waals surface area (Å²) in [6, 6.07) is 0. The molecule has 7 heteroatoms. The van der Waals surface area contributed by atoms with Gasteiger partial charge in [-0.2, -0.15) is 0 Å². The van der Waals surface area contributed by atoms with Crippen LogP contribution >= 0.6 is 0 Å². The lowest BCUT2D eigenvalue weighted by atomic mass is 10.3. The van der Waals surface area contributed by atoms with Crippen molar-refractivity contribution in [3.8, 4) is 0 Å². The van der Waals surface area contributed by atoms with E-state index < -0.39 is 12.4 Å². The molecule has 2 aromatic heterocycles. The van der Waals surface area contributed by atoms with E-state index in [1.807, 2.05) is 13.8 Å². The standard InChI is InChI=1S/C9H8FN5O.C2H6/c10-5-1-2-16-9(5)15-4-14-6-7(11)12-3-13-8(6)15;1-2/h1-5,9H,(H2,11,12,13);1-2H3. The van der Waals surface area contributed by atoms with Crippen molar-refractivity contribution in [2.75, 3.05) is 5.73 Å². The van der Waals surface area contributed by atoms with Crippen molar-refractivity contribution in [3.05, 3.63) is 25.0 Å².